The van der Waals surface area contributed by atoms with Crippen LogP contribution in [0.4, 0.5) is 5.69 Å². The van der Waals surface area contributed by atoms with E-state index in [2.05, 4.69) is 9.71 Å². The molecule has 7 nitrogen and oxygen atoms in total. The van der Waals surface area contributed by atoms with Crippen LogP contribution in [0.5, 0.6) is 0 Å². The number of pyridine rings is 1. The molecular formula is C20H22N4O3S. The first-order valence-electron chi connectivity index (χ1n) is 9.27. The normalized spacial score (nSPS) is 14.2. The number of hydrogen-bond donors (Lipinski definition) is 1. The molecule has 2 aromatic heterocycles. The number of nitrogens with zero attached hydrogens (tertiary/aromatic N) is 3. The number of imidazole rings is 1. The van der Waals surface area contributed by atoms with Gasteiger partial charge in [-0.2, -0.15) is 0 Å². The second kappa shape index (κ2) is 7.37. The SMILES string of the molecule is CC(=O)N1CCCc2cc(S(=O)(=O)NCCc3ncc4ccccn34)ccc21. The zero-order valence-electron chi connectivity index (χ0n) is 15.6. The lowest BCUT2D eigenvalue weighted by Crippen LogP contribution is -2.34. The van der Waals surface area contributed by atoms with E-state index in [1.54, 1.807) is 29.3 Å². The molecule has 0 spiro atoms. The molecule has 1 N–H and O–H groups in total. The molecule has 0 bridgehead atoms. The average molecular weight is 398 g/mol. The first-order chi connectivity index (χ1) is 13.5. The van der Waals surface area contributed by atoms with Crippen molar-refractivity contribution in [2.24, 2.45) is 0 Å². The van der Waals surface area contributed by atoms with Gasteiger partial charge < -0.3 is 9.30 Å². The molecule has 1 aromatic carbocycles. The number of hydrogen-bond acceptors (Lipinski definition) is 4. The van der Waals surface area contributed by atoms with Gasteiger partial charge >= 0.3 is 0 Å². The highest BCUT2D eigenvalue weighted by Crippen LogP contribution is 2.29. The molecule has 28 heavy (non-hydrogen) atoms. The van der Waals surface area contributed by atoms with Crippen molar-refractivity contribution >= 4 is 27.1 Å². The topological polar surface area (TPSA) is 83.8 Å². The van der Waals surface area contributed by atoms with E-state index >= 15 is 0 Å². The minimum Gasteiger partial charge on any atom is -0.312 e. The maximum absolute atomic E-state index is 12.7. The average Bonchev–Trinajstić information content (AvgIpc) is 3.10. The first kappa shape index (κ1) is 18.6. The Labute approximate surface area is 164 Å². The minimum atomic E-state index is -3.63. The third kappa shape index (κ3) is 3.53. The Kier molecular flexibility index (Phi) is 4.91. The Balaban J connectivity index is 1.48. The maximum atomic E-state index is 12.7. The molecular weight excluding hydrogens is 376 g/mol. The second-order valence-corrected chi connectivity index (χ2v) is 8.65. The van der Waals surface area contributed by atoms with Crippen LogP contribution in [-0.2, 0) is 27.7 Å². The zero-order chi connectivity index (χ0) is 19.7. The molecule has 0 unspecified atom stereocenters. The number of carbonyl (C=O) groups is 1. The van der Waals surface area contributed by atoms with E-state index < -0.39 is 10.0 Å². The number of fused-ring (bicyclic) bond motifs is 2. The molecule has 4 rings (SSSR count). The van der Waals surface area contributed by atoms with Gasteiger partial charge in [0, 0.05) is 38.3 Å². The van der Waals surface area contributed by atoms with E-state index in [4.69, 9.17) is 0 Å². The van der Waals surface area contributed by atoms with Crippen molar-refractivity contribution in [3.05, 3.63) is 60.2 Å². The Morgan fingerprint density at radius 2 is 2.11 bits per heavy atom. The monoisotopic (exact) mass is 398 g/mol. The third-order valence-corrected chi connectivity index (χ3v) is 6.47. The smallest absolute Gasteiger partial charge is 0.240 e. The van der Waals surface area contributed by atoms with E-state index in [1.165, 1.54) is 6.92 Å². The molecule has 3 aromatic rings. The van der Waals surface area contributed by atoms with Crippen LogP contribution in [0, 0.1) is 0 Å². The number of sulfonamides is 1. The molecule has 0 saturated carbocycles. The highest BCUT2D eigenvalue weighted by molar-refractivity contribution is 7.89. The molecule has 8 heteroatoms. The van der Waals surface area contributed by atoms with E-state index in [0.717, 1.165) is 35.4 Å². The fraction of sp³-hybridized carbons (Fsp3) is 0.300. The summed E-state index contributed by atoms with van der Waals surface area (Å²) in [4.78, 5) is 18.1. The number of aryl methyl sites for hydroxylation is 1. The van der Waals surface area contributed by atoms with Gasteiger partial charge in [0.25, 0.3) is 0 Å². The lowest BCUT2D eigenvalue weighted by molar-refractivity contribution is -0.116. The summed E-state index contributed by atoms with van der Waals surface area (Å²) in [5, 5.41) is 0. The van der Waals surface area contributed by atoms with Gasteiger partial charge in [0.05, 0.1) is 16.6 Å². The Hall–Kier alpha value is -2.71. The summed E-state index contributed by atoms with van der Waals surface area (Å²) in [6, 6.07) is 10.8. The van der Waals surface area contributed by atoms with Crippen molar-refractivity contribution < 1.29 is 13.2 Å². The molecule has 0 fully saturated rings. The van der Waals surface area contributed by atoms with Crippen LogP contribution in [0.1, 0.15) is 24.7 Å². The molecule has 1 aliphatic heterocycles. The second-order valence-electron chi connectivity index (χ2n) is 6.88. The Morgan fingerprint density at radius 3 is 2.93 bits per heavy atom. The number of carbonyl (C=O) groups excluding carboxylic acids is 1. The van der Waals surface area contributed by atoms with Crippen LogP contribution in [0.25, 0.3) is 5.52 Å². The van der Waals surface area contributed by atoms with Gasteiger partial charge in [-0.15, -0.1) is 0 Å². The Bertz CT molecular complexity index is 1140. The largest absolute Gasteiger partial charge is 0.312 e. The summed E-state index contributed by atoms with van der Waals surface area (Å²) >= 11 is 0. The van der Waals surface area contributed by atoms with E-state index in [-0.39, 0.29) is 17.3 Å². The lowest BCUT2D eigenvalue weighted by Gasteiger charge is -2.28. The number of nitrogens with one attached hydrogen (secondary N) is 1. The van der Waals surface area contributed by atoms with Crippen molar-refractivity contribution in [2.75, 3.05) is 18.0 Å². The molecule has 0 saturated heterocycles. The summed E-state index contributed by atoms with van der Waals surface area (Å²) in [7, 11) is -3.63. The van der Waals surface area contributed by atoms with Crippen LogP contribution in [0.2, 0.25) is 0 Å². The fourth-order valence-electron chi connectivity index (χ4n) is 3.63. The highest BCUT2D eigenvalue weighted by Gasteiger charge is 2.23. The predicted molar refractivity (Wildman–Crippen MR) is 107 cm³/mol. The molecule has 1 aliphatic rings. The van der Waals surface area contributed by atoms with Gasteiger partial charge in [-0.25, -0.2) is 18.1 Å². The molecule has 146 valence electrons. The van der Waals surface area contributed by atoms with Crippen molar-refractivity contribution in [1.29, 1.82) is 0 Å². The van der Waals surface area contributed by atoms with Gasteiger partial charge in [-0.3, -0.25) is 4.79 Å². The number of anilines is 1. The first-order valence-corrected chi connectivity index (χ1v) is 10.8. The number of benzene rings is 1. The standard InChI is InChI=1S/C20H22N4O3S/c1-15(25)23-12-4-5-16-13-18(7-8-19(16)23)28(26,27)22-10-9-20-21-14-17-6-2-3-11-24(17)20/h2-3,6-8,11,13-14,22H,4-5,9-10,12H2,1H3. The van der Waals surface area contributed by atoms with Gasteiger partial charge in [0.15, 0.2) is 0 Å². The molecule has 0 aliphatic carbocycles. The van der Waals surface area contributed by atoms with Crippen LogP contribution < -0.4 is 9.62 Å². The summed E-state index contributed by atoms with van der Waals surface area (Å²) in [5.41, 5.74) is 2.68. The van der Waals surface area contributed by atoms with Crippen LogP contribution in [0.15, 0.2) is 53.7 Å². The van der Waals surface area contributed by atoms with Gasteiger partial charge in [0.2, 0.25) is 15.9 Å². The number of rotatable bonds is 5. The molecule has 3 heterocycles. The highest BCUT2D eigenvalue weighted by atomic mass is 32.2. The van der Waals surface area contributed by atoms with Gasteiger partial charge in [-0.1, -0.05) is 6.07 Å². The third-order valence-electron chi connectivity index (χ3n) is 5.02. The van der Waals surface area contributed by atoms with Crippen molar-refractivity contribution in [1.82, 2.24) is 14.1 Å². The fourth-order valence-corrected chi connectivity index (χ4v) is 4.71. The predicted octanol–water partition coefficient (Wildman–Crippen LogP) is 2.15. The number of aromatic nitrogens is 2. The van der Waals surface area contributed by atoms with Crippen LogP contribution >= 0.6 is 0 Å². The molecule has 0 radical (unpaired) electrons. The summed E-state index contributed by atoms with van der Waals surface area (Å²) in [6.07, 6.45) is 5.77. The minimum absolute atomic E-state index is 0.0263. The maximum Gasteiger partial charge on any atom is 0.240 e. The lowest BCUT2D eigenvalue weighted by atomic mass is 10.0. The van der Waals surface area contributed by atoms with Gasteiger partial charge in [-0.05, 0) is 48.7 Å². The van der Waals surface area contributed by atoms with Crippen LogP contribution in [-0.4, -0.2) is 36.8 Å². The quantitative estimate of drug-likeness (QED) is 0.714. The molecule has 1 amide bonds. The van der Waals surface area contributed by atoms with E-state index in [0.29, 0.717) is 13.0 Å². The van der Waals surface area contributed by atoms with E-state index in [9.17, 15) is 13.2 Å². The van der Waals surface area contributed by atoms with Crippen molar-refractivity contribution in [3.8, 4) is 0 Å². The van der Waals surface area contributed by atoms with Crippen molar-refractivity contribution in [2.45, 2.75) is 31.1 Å². The van der Waals surface area contributed by atoms with Gasteiger partial charge in [0.1, 0.15) is 5.82 Å². The van der Waals surface area contributed by atoms with Crippen LogP contribution in [0.3, 0.4) is 0 Å². The Morgan fingerprint density at radius 1 is 1.25 bits per heavy atom. The van der Waals surface area contributed by atoms with Crippen molar-refractivity contribution in [3.63, 3.8) is 0 Å². The summed E-state index contributed by atoms with van der Waals surface area (Å²) in [5.74, 6) is 0.780. The molecule has 0 atom stereocenters. The number of amides is 1. The zero-order valence-corrected chi connectivity index (χ0v) is 16.4. The summed E-state index contributed by atoms with van der Waals surface area (Å²) in [6.45, 7) is 2.46. The van der Waals surface area contributed by atoms with E-state index in [1.807, 2.05) is 28.8 Å². The summed E-state index contributed by atoms with van der Waals surface area (Å²) < 4.78 is 30.0.